The van der Waals surface area contributed by atoms with Crippen molar-refractivity contribution >= 4 is 10.0 Å². The second kappa shape index (κ2) is 5.90. The average molecular weight is 284 g/mol. The Kier molecular flexibility index (Phi) is 4.44. The lowest BCUT2D eigenvalue weighted by Gasteiger charge is -2.35. The summed E-state index contributed by atoms with van der Waals surface area (Å²) in [5, 5.41) is 0. The van der Waals surface area contributed by atoms with E-state index < -0.39 is 10.0 Å². The lowest BCUT2D eigenvalue weighted by Crippen LogP contribution is -2.57. The topological polar surface area (TPSA) is 72.6 Å². The fraction of sp³-hybridized carbons (Fsp3) is 0.538. The van der Waals surface area contributed by atoms with Gasteiger partial charge in [-0.1, -0.05) is 13.3 Å². The molecule has 0 saturated carbocycles. The third-order valence-corrected chi connectivity index (χ3v) is 4.95. The van der Waals surface area contributed by atoms with Crippen molar-refractivity contribution in [2.45, 2.75) is 30.7 Å². The van der Waals surface area contributed by atoms with Crippen LogP contribution in [0.25, 0.3) is 0 Å². The Labute approximate surface area is 114 Å². The fourth-order valence-corrected chi connectivity index (χ4v) is 3.41. The highest BCUT2D eigenvalue weighted by Gasteiger charge is 2.34. The van der Waals surface area contributed by atoms with E-state index in [0.717, 1.165) is 12.8 Å². The molecule has 106 valence electrons. The van der Waals surface area contributed by atoms with E-state index in [1.165, 1.54) is 4.31 Å². The van der Waals surface area contributed by atoms with Crippen LogP contribution in [0.1, 0.15) is 19.8 Å². The summed E-state index contributed by atoms with van der Waals surface area (Å²) in [4.78, 5) is 0.294. The van der Waals surface area contributed by atoms with Crippen LogP contribution in [0.4, 0.5) is 0 Å². The summed E-state index contributed by atoms with van der Waals surface area (Å²) in [5.41, 5.74) is 5.61. The van der Waals surface area contributed by atoms with Gasteiger partial charge in [-0.2, -0.15) is 4.31 Å². The van der Waals surface area contributed by atoms with Gasteiger partial charge in [0.15, 0.2) is 0 Å². The summed E-state index contributed by atoms with van der Waals surface area (Å²) >= 11 is 0. The third kappa shape index (κ3) is 3.26. The molecule has 1 aliphatic rings. The van der Waals surface area contributed by atoms with Gasteiger partial charge in [0.05, 0.1) is 11.5 Å². The molecule has 19 heavy (non-hydrogen) atoms. The quantitative estimate of drug-likeness (QED) is 0.797. The molecule has 0 unspecified atom stereocenters. The molecule has 1 aromatic carbocycles. The molecule has 0 atom stereocenters. The molecular formula is C13H20N2O3S. The van der Waals surface area contributed by atoms with Crippen molar-refractivity contribution in [1.82, 2.24) is 4.31 Å². The molecule has 0 radical (unpaired) electrons. The van der Waals surface area contributed by atoms with Crippen molar-refractivity contribution in [2.75, 3.05) is 19.7 Å². The van der Waals surface area contributed by atoms with Crippen molar-refractivity contribution < 1.29 is 13.2 Å². The van der Waals surface area contributed by atoms with Gasteiger partial charge < -0.3 is 10.5 Å². The van der Waals surface area contributed by atoms with E-state index in [9.17, 15) is 8.42 Å². The van der Waals surface area contributed by atoms with Crippen molar-refractivity contribution in [3.63, 3.8) is 0 Å². The van der Waals surface area contributed by atoms with Gasteiger partial charge in [-0.15, -0.1) is 0 Å². The maximum absolute atomic E-state index is 12.2. The number of unbranched alkanes of at least 4 members (excludes halogenated alkanes) is 1. The van der Waals surface area contributed by atoms with E-state index in [1.54, 1.807) is 24.3 Å². The average Bonchev–Trinajstić information content (AvgIpc) is 2.36. The standard InChI is InChI=1S/C13H20N2O3S/c1-2-3-8-18-12-4-6-13(7-5-12)19(16,17)15-9-11(14)10-15/h4-7,11H,2-3,8-10,14H2,1H3. The molecule has 0 bridgehead atoms. The normalized spacial score (nSPS) is 17.2. The molecule has 0 amide bonds. The zero-order valence-electron chi connectivity index (χ0n) is 11.1. The van der Waals surface area contributed by atoms with Crippen LogP contribution in [-0.2, 0) is 10.0 Å². The van der Waals surface area contributed by atoms with Crippen LogP contribution in [0.3, 0.4) is 0 Å². The van der Waals surface area contributed by atoms with E-state index in [-0.39, 0.29) is 6.04 Å². The van der Waals surface area contributed by atoms with Crippen LogP contribution in [0.5, 0.6) is 5.75 Å². The Bertz CT molecular complexity index is 507. The predicted octanol–water partition coefficient (Wildman–Crippen LogP) is 1.20. The summed E-state index contributed by atoms with van der Waals surface area (Å²) < 4.78 is 31.2. The van der Waals surface area contributed by atoms with E-state index >= 15 is 0 Å². The Morgan fingerprint density at radius 1 is 1.32 bits per heavy atom. The van der Waals surface area contributed by atoms with Gasteiger partial charge in [0, 0.05) is 19.1 Å². The van der Waals surface area contributed by atoms with Crippen molar-refractivity contribution in [3.8, 4) is 5.75 Å². The number of nitrogens with two attached hydrogens (primary N) is 1. The molecule has 0 spiro atoms. The maximum Gasteiger partial charge on any atom is 0.243 e. The summed E-state index contributed by atoms with van der Waals surface area (Å²) in [6.07, 6.45) is 2.06. The first kappa shape index (κ1) is 14.3. The van der Waals surface area contributed by atoms with Crippen LogP contribution in [-0.4, -0.2) is 38.5 Å². The van der Waals surface area contributed by atoms with E-state index in [0.29, 0.717) is 30.3 Å². The highest BCUT2D eigenvalue weighted by atomic mass is 32.2. The third-order valence-electron chi connectivity index (χ3n) is 3.10. The molecule has 0 aliphatic carbocycles. The molecule has 2 N–H and O–H groups in total. The molecule has 1 aliphatic heterocycles. The number of benzene rings is 1. The zero-order chi connectivity index (χ0) is 13.9. The van der Waals surface area contributed by atoms with Gasteiger partial charge in [0.1, 0.15) is 5.75 Å². The molecule has 0 aromatic heterocycles. The summed E-state index contributed by atoms with van der Waals surface area (Å²) in [6.45, 7) is 3.55. The number of hydrogen-bond donors (Lipinski definition) is 1. The Morgan fingerprint density at radius 2 is 1.95 bits per heavy atom. The van der Waals surface area contributed by atoms with Gasteiger partial charge >= 0.3 is 0 Å². The second-order valence-electron chi connectivity index (χ2n) is 4.76. The molecule has 1 fully saturated rings. The minimum atomic E-state index is -3.38. The number of rotatable bonds is 6. The van der Waals surface area contributed by atoms with Crippen molar-refractivity contribution in [2.24, 2.45) is 5.73 Å². The lowest BCUT2D eigenvalue weighted by molar-refractivity contribution is 0.265. The minimum Gasteiger partial charge on any atom is -0.494 e. The number of hydrogen-bond acceptors (Lipinski definition) is 4. The van der Waals surface area contributed by atoms with Gasteiger partial charge in [-0.3, -0.25) is 0 Å². The molecule has 6 heteroatoms. The van der Waals surface area contributed by atoms with E-state index in [1.807, 2.05) is 0 Å². The van der Waals surface area contributed by atoms with Crippen LogP contribution >= 0.6 is 0 Å². The fourth-order valence-electron chi connectivity index (χ4n) is 1.86. The largest absolute Gasteiger partial charge is 0.494 e. The zero-order valence-corrected chi connectivity index (χ0v) is 11.9. The first-order chi connectivity index (χ1) is 9.04. The molecule has 2 rings (SSSR count). The van der Waals surface area contributed by atoms with E-state index in [4.69, 9.17) is 10.5 Å². The minimum absolute atomic E-state index is 0.0357. The number of sulfonamides is 1. The smallest absolute Gasteiger partial charge is 0.243 e. The van der Waals surface area contributed by atoms with Gasteiger partial charge in [0.25, 0.3) is 0 Å². The van der Waals surface area contributed by atoms with Crippen LogP contribution < -0.4 is 10.5 Å². The summed E-state index contributed by atoms with van der Waals surface area (Å²) in [6, 6.07) is 6.53. The van der Waals surface area contributed by atoms with Crippen LogP contribution in [0, 0.1) is 0 Å². The van der Waals surface area contributed by atoms with Gasteiger partial charge in [-0.25, -0.2) is 8.42 Å². The van der Waals surface area contributed by atoms with Crippen LogP contribution in [0.15, 0.2) is 29.2 Å². The number of nitrogens with zero attached hydrogens (tertiary/aromatic N) is 1. The SMILES string of the molecule is CCCCOc1ccc(S(=O)(=O)N2CC(N)C2)cc1. The second-order valence-corrected chi connectivity index (χ2v) is 6.69. The molecule has 1 saturated heterocycles. The lowest BCUT2D eigenvalue weighted by atomic mass is 10.2. The maximum atomic E-state index is 12.2. The van der Waals surface area contributed by atoms with Crippen molar-refractivity contribution in [1.29, 1.82) is 0 Å². The molecule has 1 heterocycles. The van der Waals surface area contributed by atoms with E-state index in [2.05, 4.69) is 6.92 Å². The highest BCUT2D eigenvalue weighted by Crippen LogP contribution is 2.23. The predicted molar refractivity (Wildman–Crippen MR) is 73.6 cm³/mol. The highest BCUT2D eigenvalue weighted by molar-refractivity contribution is 7.89. The number of ether oxygens (including phenoxy) is 1. The summed E-state index contributed by atoms with van der Waals surface area (Å²) in [7, 11) is -3.38. The molecule has 5 nitrogen and oxygen atoms in total. The first-order valence-corrected chi connectivity index (χ1v) is 7.96. The molecule has 1 aromatic rings. The Morgan fingerprint density at radius 3 is 2.47 bits per heavy atom. The van der Waals surface area contributed by atoms with Gasteiger partial charge in [-0.05, 0) is 30.7 Å². The van der Waals surface area contributed by atoms with Crippen LogP contribution in [0.2, 0.25) is 0 Å². The molecular weight excluding hydrogens is 264 g/mol. The monoisotopic (exact) mass is 284 g/mol. The first-order valence-electron chi connectivity index (χ1n) is 6.52. The van der Waals surface area contributed by atoms with Gasteiger partial charge in [0.2, 0.25) is 10.0 Å². The van der Waals surface area contributed by atoms with Crippen molar-refractivity contribution in [3.05, 3.63) is 24.3 Å². The Hall–Kier alpha value is -1.11. The summed E-state index contributed by atoms with van der Waals surface area (Å²) in [5.74, 6) is 0.702. The Balaban J connectivity index is 2.01.